The molecule has 0 saturated carbocycles. The fraction of sp³-hybridized carbons (Fsp3) is 0.794. The summed E-state index contributed by atoms with van der Waals surface area (Å²) in [6.07, 6.45) is 3.51. The molecule has 1 saturated heterocycles. The van der Waals surface area contributed by atoms with Crippen molar-refractivity contribution in [3.8, 4) is 0 Å². The van der Waals surface area contributed by atoms with Gasteiger partial charge < -0.3 is 60.7 Å². The topological polar surface area (TPSA) is 279 Å². The summed E-state index contributed by atoms with van der Waals surface area (Å²) in [5, 5.41) is 23.2. The van der Waals surface area contributed by atoms with Gasteiger partial charge in [0.2, 0.25) is 65.0 Å². The third-order valence-corrected chi connectivity index (χ3v) is 16.2. The number of hydrogen-bond donors (Lipinski definition) is 5. The Bertz CT molecular complexity index is 2340. The first-order valence-electron chi connectivity index (χ1n) is 31.1. The van der Waals surface area contributed by atoms with E-state index in [2.05, 4.69) is 21.3 Å². The fourth-order valence-corrected chi connectivity index (χ4v) is 10.9. The van der Waals surface area contributed by atoms with Gasteiger partial charge in [-0.25, -0.2) is 0 Å². The molecule has 0 spiro atoms. The highest BCUT2D eigenvalue weighted by molar-refractivity contribution is 5.99. The number of amides is 11. The van der Waals surface area contributed by atoms with E-state index in [1.807, 2.05) is 61.5 Å². The molecule has 1 fully saturated rings. The molecule has 86 heavy (non-hydrogen) atoms. The Labute approximate surface area is 515 Å². The Kier molecular flexibility index (Phi) is 32.3. The van der Waals surface area contributed by atoms with Crippen molar-refractivity contribution in [3.63, 3.8) is 0 Å². The lowest BCUT2D eigenvalue weighted by Crippen LogP contribution is -2.63. The molecular weight excluding hydrogens is 1100 g/mol. The van der Waals surface area contributed by atoms with Gasteiger partial charge in [0.05, 0.1) is 12.6 Å². The van der Waals surface area contributed by atoms with E-state index in [0.717, 1.165) is 9.80 Å². The van der Waals surface area contributed by atoms with Crippen LogP contribution in [-0.4, -0.2) is 227 Å². The lowest BCUT2D eigenvalue weighted by molar-refractivity contribution is -0.157. The molecule has 11 amide bonds. The van der Waals surface area contributed by atoms with Crippen molar-refractivity contribution >= 4 is 65.0 Å². The Morgan fingerprint density at radius 3 is 1.34 bits per heavy atom. The minimum atomic E-state index is -1.61. The second kappa shape index (κ2) is 35.6. The van der Waals surface area contributed by atoms with Crippen LogP contribution in [0.2, 0.25) is 0 Å². The van der Waals surface area contributed by atoms with Gasteiger partial charge in [-0.15, -0.1) is 0 Å². The van der Waals surface area contributed by atoms with Crippen molar-refractivity contribution in [1.29, 1.82) is 0 Å². The van der Waals surface area contributed by atoms with E-state index in [9.17, 15) is 48.3 Å². The number of aliphatic hydroxyl groups is 1. The summed E-state index contributed by atoms with van der Waals surface area (Å²) >= 11 is 0. The SMILES string of the molecule is C/C=C/C[C@@H](C)[C@@H](O)[C@H]1C(=O)N[C@H](CCC)C(=O)N(C)CC(=O)N(C)[C@@H](CC(C)C)C(=O)N[C@@H](C(C)C)C(=O)N(C)[C@H](CC(C)C)C(=O)N[C@@H](C)C(=O)N[C@H](C)C(=O)N(C)[C@@H](CC(C)C)C(=O)N(C)[C@@H](CC(C)C)C(=O)N(C)[C@H](C(C)C)C(=O)N1C. The van der Waals surface area contributed by atoms with Gasteiger partial charge in [-0.2, -0.15) is 0 Å². The monoisotopic (exact) mass is 1220 g/mol. The second-order valence-corrected chi connectivity index (χ2v) is 26.5. The first-order valence-corrected chi connectivity index (χ1v) is 31.1. The maximum absolute atomic E-state index is 15.2. The quantitative estimate of drug-likeness (QED) is 0.139. The third kappa shape index (κ3) is 21.9. The molecule has 0 aromatic carbocycles. The summed E-state index contributed by atoms with van der Waals surface area (Å²) < 4.78 is 0. The first-order chi connectivity index (χ1) is 39.7. The lowest BCUT2D eigenvalue weighted by atomic mass is 9.91. The van der Waals surface area contributed by atoms with Gasteiger partial charge in [0.15, 0.2) is 0 Å². The van der Waals surface area contributed by atoms with Crippen LogP contribution < -0.4 is 21.3 Å². The van der Waals surface area contributed by atoms with Crippen LogP contribution in [0.4, 0.5) is 0 Å². The zero-order chi connectivity index (χ0) is 66.7. The fourth-order valence-electron chi connectivity index (χ4n) is 10.9. The van der Waals surface area contributed by atoms with Gasteiger partial charge in [0, 0.05) is 49.3 Å². The van der Waals surface area contributed by atoms with Crippen LogP contribution in [0.15, 0.2) is 12.2 Å². The summed E-state index contributed by atoms with van der Waals surface area (Å²) in [4.78, 5) is 169. The van der Waals surface area contributed by atoms with Gasteiger partial charge in [-0.3, -0.25) is 52.7 Å². The summed E-state index contributed by atoms with van der Waals surface area (Å²) in [6.45, 7) is 29.5. The largest absolute Gasteiger partial charge is 0.390 e. The van der Waals surface area contributed by atoms with Crippen LogP contribution in [0.5, 0.6) is 0 Å². The molecule has 1 aliphatic heterocycles. The molecule has 0 aromatic heterocycles. The molecule has 12 atom stereocenters. The smallest absolute Gasteiger partial charge is 0.246 e. The van der Waals surface area contributed by atoms with Crippen molar-refractivity contribution in [3.05, 3.63) is 12.2 Å². The standard InChI is InChI=1S/C63H113N11O12/c1-25-27-29-41(15)53(76)52-57(80)66-44(28-26-2)59(82)68(18)34-49(75)69(19)45(30-35(3)4)56(79)67-50(39(11)12)62(85)70(20)46(31-36(5)6)55(78)64-42(16)54(77)65-43(17)58(81)71(21)47(32-37(7)8)60(83)72(22)48(33-38(9)10)61(84)73(23)51(40(13)14)63(86)74(52)24/h25,27,35-48,50-53,76H,26,28-34H2,1-24H3,(H,64,78)(H,65,77)(H,66,80)(H,67,79)/b27-25+/t41-,42+,43-,44-,45+,46-,47+,48+,50+,51-,52+,53-/m1/s1. The highest BCUT2D eigenvalue weighted by Crippen LogP contribution is 2.26. The second-order valence-electron chi connectivity index (χ2n) is 26.5. The van der Waals surface area contributed by atoms with Gasteiger partial charge in [-0.1, -0.05) is 116 Å². The number of aliphatic hydroxyl groups excluding tert-OH is 1. The summed E-state index contributed by atoms with van der Waals surface area (Å²) in [5.41, 5.74) is 0. The van der Waals surface area contributed by atoms with Crippen LogP contribution >= 0.6 is 0 Å². The zero-order valence-corrected chi connectivity index (χ0v) is 56.8. The van der Waals surface area contributed by atoms with Crippen LogP contribution in [0, 0.1) is 41.4 Å². The van der Waals surface area contributed by atoms with E-state index >= 15 is 9.59 Å². The number of rotatable bonds is 16. The molecule has 1 heterocycles. The molecule has 0 bridgehead atoms. The Morgan fingerprint density at radius 1 is 0.465 bits per heavy atom. The summed E-state index contributed by atoms with van der Waals surface area (Å²) in [7, 11) is 9.95. The van der Waals surface area contributed by atoms with Crippen LogP contribution in [0.1, 0.15) is 163 Å². The predicted octanol–water partition coefficient (Wildman–Crippen LogP) is 3.66. The van der Waals surface area contributed by atoms with E-state index in [-0.39, 0.29) is 55.8 Å². The number of carbonyl (C=O) groups excluding carboxylic acids is 11. The molecule has 1 rings (SSSR count). The normalized spacial score (nSPS) is 26.7. The molecule has 0 radical (unpaired) electrons. The number of carbonyl (C=O) groups is 11. The van der Waals surface area contributed by atoms with Crippen molar-refractivity contribution in [2.75, 3.05) is 55.9 Å². The molecule has 23 heteroatoms. The lowest BCUT2D eigenvalue weighted by Gasteiger charge is -2.41. The van der Waals surface area contributed by atoms with E-state index in [1.165, 1.54) is 87.7 Å². The van der Waals surface area contributed by atoms with E-state index in [4.69, 9.17) is 0 Å². The van der Waals surface area contributed by atoms with Crippen LogP contribution in [0.25, 0.3) is 0 Å². The van der Waals surface area contributed by atoms with E-state index < -0.39 is 156 Å². The maximum atomic E-state index is 15.2. The minimum Gasteiger partial charge on any atom is -0.390 e. The highest BCUT2D eigenvalue weighted by Gasteiger charge is 2.46. The Balaban J connectivity index is 4.36. The molecular formula is C63H113N11O12. The third-order valence-electron chi connectivity index (χ3n) is 16.2. The zero-order valence-electron chi connectivity index (χ0n) is 56.8. The first kappa shape index (κ1) is 77.9. The molecule has 5 N–H and O–H groups in total. The molecule has 0 unspecified atom stereocenters. The van der Waals surface area contributed by atoms with Crippen molar-refractivity contribution in [1.82, 2.24) is 55.6 Å². The van der Waals surface area contributed by atoms with Gasteiger partial charge in [-0.05, 0) is 101 Å². The molecule has 23 nitrogen and oxygen atoms in total. The molecule has 0 aromatic rings. The van der Waals surface area contributed by atoms with Crippen molar-refractivity contribution in [2.24, 2.45) is 41.4 Å². The van der Waals surface area contributed by atoms with Gasteiger partial charge in [0.25, 0.3) is 0 Å². The minimum absolute atomic E-state index is 0.0923. The average molecular weight is 1220 g/mol. The number of allylic oxidation sites excluding steroid dienone is 2. The summed E-state index contributed by atoms with van der Waals surface area (Å²) in [6, 6.07) is -12.3. The van der Waals surface area contributed by atoms with Crippen molar-refractivity contribution < 1.29 is 57.8 Å². The highest BCUT2D eigenvalue weighted by atomic mass is 16.3. The number of hydrogen-bond acceptors (Lipinski definition) is 12. The average Bonchev–Trinajstić information content (AvgIpc) is 3.10. The van der Waals surface area contributed by atoms with E-state index in [0.29, 0.717) is 12.8 Å². The van der Waals surface area contributed by atoms with Crippen molar-refractivity contribution in [2.45, 2.75) is 229 Å². The van der Waals surface area contributed by atoms with Gasteiger partial charge >= 0.3 is 0 Å². The van der Waals surface area contributed by atoms with E-state index in [1.54, 1.807) is 54.5 Å². The summed E-state index contributed by atoms with van der Waals surface area (Å²) in [5.74, 6) is -9.66. The number of likely N-dealkylation sites (N-methyl/N-ethyl adjacent to an activating group) is 7. The maximum Gasteiger partial charge on any atom is 0.246 e. The van der Waals surface area contributed by atoms with Crippen LogP contribution in [-0.2, 0) is 52.7 Å². The van der Waals surface area contributed by atoms with Crippen LogP contribution in [0.3, 0.4) is 0 Å². The number of nitrogens with zero attached hydrogens (tertiary/aromatic N) is 7. The molecule has 0 aliphatic carbocycles. The Morgan fingerprint density at radius 2 is 0.884 bits per heavy atom. The number of nitrogens with one attached hydrogen (secondary N) is 4. The molecule has 492 valence electrons. The predicted molar refractivity (Wildman–Crippen MR) is 333 cm³/mol. The van der Waals surface area contributed by atoms with Gasteiger partial charge in [0.1, 0.15) is 60.4 Å². The molecule has 1 aliphatic rings. The Hall–Kier alpha value is -6.13.